The van der Waals surface area contributed by atoms with Crippen LogP contribution in [0.3, 0.4) is 0 Å². The molecular weight excluding hydrogens is 198 g/mol. The van der Waals surface area contributed by atoms with Crippen LogP contribution in [0.15, 0.2) is 17.6 Å². The van der Waals surface area contributed by atoms with Gasteiger partial charge in [-0.15, -0.1) is 0 Å². The number of aliphatic hydroxyl groups excluding tert-OH is 1. The maximum Gasteiger partial charge on any atom is 0.187 e. The molecule has 4 nitrogen and oxygen atoms in total. The molecule has 1 rings (SSSR count). The zero-order chi connectivity index (χ0) is 10.4. The van der Waals surface area contributed by atoms with E-state index in [9.17, 15) is 5.11 Å². The van der Waals surface area contributed by atoms with Crippen molar-refractivity contribution in [2.75, 3.05) is 12.3 Å². The van der Waals surface area contributed by atoms with Crippen molar-refractivity contribution in [3.05, 3.63) is 18.0 Å². The molecule has 5 heteroatoms. The van der Waals surface area contributed by atoms with Gasteiger partial charge >= 0.3 is 0 Å². The van der Waals surface area contributed by atoms with E-state index in [1.165, 1.54) is 11.8 Å². The predicted molar refractivity (Wildman–Crippen MR) is 57.2 cm³/mol. The highest BCUT2D eigenvalue weighted by molar-refractivity contribution is 7.99. The second-order valence-electron chi connectivity index (χ2n) is 3.07. The van der Waals surface area contributed by atoms with Gasteiger partial charge in [0.2, 0.25) is 0 Å². The van der Waals surface area contributed by atoms with Gasteiger partial charge in [0.15, 0.2) is 5.16 Å². The number of thioether (sulfide) groups is 1. The van der Waals surface area contributed by atoms with Gasteiger partial charge in [0.05, 0.1) is 6.10 Å². The minimum absolute atomic E-state index is 0.315. The summed E-state index contributed by atoms with van der Waals surface area (Å²) in [7, 11) is 0. The highest BCUT2D eigenvalue weighted by Crippen LogP contribution is 2.13. The van der Waals surface area contributed by atoms with Crippen molar-refractivity contribution in [2.24, 2.45) is 5.73 Å². The Morgan fingerprint density at radius 3 is 2.71 bits per heavy atom. The van der Waals surface area contributed by atoms with Gasteiger partial charge in [-0.3, -0.25) is 0 Å². The molecule has 0 saturated heterocycles. The lowest BCUT2D eigenvalue weighted by Crippen LogP contribution is -2.20. The summed E-state index contributed by atoms with van der Waals surface area (Å²) in [6.45, 7) is 2.27. The third kappa shape index (κ3) is 4.04. The summed E-state index contributed by atoms with van der Waals surface area (Å²) in [6.07, 6.45) is 3.84. The molecule has 0 bridgehead atoms. The Morgan fingerprint density at radius 1 is 1.50 bits per heavy atom. The van der Waals surface area contributed by atoms with E-state index in [1.54, 1.807) is 12.4 Å². The zero-order valence-electron chi connectivity index (χ0n) is 8.18. The lowest BCUT2D eigenvalue weighted by molar-refractivity contribution is 0.180. The first-order valence-corrected chi connectivity index (χ1v) is 5.50. The molecule has 1 aromatic rings. The van der Waals surface area contributed by atoms with Gasteiger partial charge in [0.1, 0.15) is 0 Å². The lowest BCUT2D eigenvalue weighted by atomic mass is 10.3. The molecule has 0 saturated carbocycles. The van der Waals surface area contributed by atoms with E-state index < -0.39 is 6.10 Å². The fraction of sp³-hybridized carbons (Fsp3) is 0.556. The molecule has 0 amide bonds. The fourth-order valence-corrected chi connectivity index (χ4v) is 1.69. The number of hydrogen-bond donors (Lipinski definition) is 2. The number of aromatic nitrogens is 2. The van der Waals surface area contributed by atoms with E-state index in [0.717, 1.165) is 16.5 Å². The molecule has 0 aromatic carbocycles. The second-order valence-corrected chi connectivity index (χ2v) is 4.13. The van der Waals surface area contributed by atoms with E-state index in [1.807, 2.05) is 6.92 Å². The molecule has 14 heavy (non-hydrogen) atoms. The topological polar surface area (TPSA) is 72.0 Å². The quantitative estimate of drug-likeness (QED) is 0.553. The highest BCUT2D eigenvalue weighted by Gasteiger charge is 2.02. The Kier molecular flexibility index (Phi) is 4.86. The van der Waals surface area contributed by atoms with Gasteiger partial charge in [-0.2, -0.15) is 0 Å². The Morgan fingerprint density at radius 2 is 2.14 bits per heavy atom. The normalized spacial score (nSPS) is 12.8. The number of aryl methyl sites for hydroxylation is 1. The van der Waals surface area contributed by atoms with Gasteiger partial charge in [-0.25, -0.2) is 9.97 Å². The van der Waals surface area contributed by atoms with Crippen LogP contribution in [-0.4, -0.2) is 33.5 Å². The van der Waals surface area contributed by atoms with Crippen molar-refractivity contribution in [3.63, 3.8) is 0 Å². The summed E-state index contributed by atoms with van der Waals surface area (Å²) < 4.78 is 0. The van der Waals surface area contributed by atoms with E-state index in [2.05, 4.69) is 9.97 Å². The maximum atomic E-state index is 9.20. The van der Waals surface area contributed by atoms with Crippen LogP contribution < -0.4 is 5.73 Å². The molecule has 0 aliphatic rings. The third-order valence-corrected chi connectivity index (χ3v) is 2.62. The van der Waals surface area contributed by atoms with Crippen LogP contribution in [0.2, 0.25) is 0 Å². The van der Waals surface area contributed by atoms with Crippen molar-refractivity contribution >= 4 is 11.8 Å². The lowest BCUT2D eigenvalue weighted by Gasteiger charge is -2.05. The molecule has 0 spiro atoms. The van der Waals surface area contributed by atoms with Crippen molar-refractivity contribution < 1.29 is 5.11 Å². The molecule has 1 heterocycles. The highest BCUT2D eigenvalue weighted by atomic mass is 32.2. The molecule has 1 atom stereocenters. The average molecular weight is 213 g/mol. The molecule has 0 fully saturated rings. The zero-order valence-corrected chi connectivity index (χ0v) is 9.00. The minimum atomic E-state index is -0.409. The molecule has 0 radical (unpaired) electrons. The Hall–Kier alpha value is -0.650. The summed E-state index contributed by atoms with van der Waals surface area (Å²) in [5.74, 6) is 0.793. The SMILES string of the molecule is Cc1cnc(SCCC(O)CN)nc1. The van der Waals surface area contributed by atoms with Crippen molar-refractivity contribution in [2.45, 2.75) is 24.6 Å². The smallest absolute Gasteiger partial charge is 0.187 e. The number of nitrogens with zero attached hydrogens (tertiary/aromatic N) is 2. The fourth-order valence-electron chi connectivity index (χ4n) is 0.859. The van der Waals surface area contributed by atoms with Gasteiger partial charge in [0.25, 0.3) is 0 Å². The van der Waals surface area contributed by atoms with Crippen LogP contribution >= 0.6 is 11.8 Å². The van der Waals surface area contributed by atoms with E-state index in [0.29, 0.717) is 13.0 Å². The van der Waals surface area contributed by atoms with Gasteiger partial charge < -0.3 is 10.8 Å². The molecule has 0 aliphatic heterocycles. The monoisotopic (exact) mass is 213 g/mol. The van der Waals surface area contributed by atoms with Crippen LogP contribution in [-0.2, 0) is 0 Å². The van der Waals surface area contributed by atoms with Gasteiger partial charge in [-0.1, -0.05) is 11.8 Å². The van der Waals surface area contributed by atoms with Crippen molar-refractivity contribution in [3.8, 4) is 0 Å². The Bertz CT molecular complexity index is 265. The summed E-state index contributed by atoms with van der Waals surface area (Å²) >= 11 is 1.54. The number of aliphatic hydroxyl groups is 1. The molecule has 1 aromatic heterocycles. The van der Waals surface area contributed by atoms with Gasteiger partial charge in [-0.05, 0) is 18.9 Å². The largest absolute Gasteiger partial charge is 0.392 e. The standard InChI is InChI=1S/C9H15N3OS/c1-7-5-11-9(12-6-7)14-3-2-8(13)4-10/h5-6,8,13H,2-4,10H2,1H3. The minimum Gasteiger partial charge on any atom is -0.392 e. The average Bonchev–Trinajstić information content (AvgIpc) is 2.21. The first kappa shape index (κ1) is 11.4. The van der Waals surface area contributed by atoms with Crippen LogP contribution in [0.25, 0.3) is 0 Å². The maximum absolute atomic E-state index is 9.20. The first-order chi connectivity index (χ1) is 6.72. The van der Waals surface area contributed by atoms with E-state index in [4.69, 9.17) is 5.73 Å². The first-order valence-electron chi connectivity index (χ1n) is 4.52. The van der Waals surface area contributed by atoms with Crippen LogP contribution in [0, 0.1) is 6.92 Å². The summed E-state index contributed by atoms with van der Waals surface area (Å²) in [4.78, 5) is 8.28. The van der Waals surface area contributed by atoms with Crippen LogP contribution in [0.1, 0.15) is 12.0 Å². The number of nitrogens with two attached hydrogens (primary N) is 1. The Labute approximate surface area is 88.0 Å². The molecule has 1 unspecified atom stereocenters. The van der Waals surface area contributed by atoms with E-state index >= 15 is 0 Å². The third-order valence-electron chi connectivity index (χ3n) is 1.71. The Balaban J connectivity index is 2.28. The molecule has 0 aliphatic carbocycles. The molecule has 3 N–H and O–H groups in total. The van der Waals surface area contributed by atoms with Gasteiger partial charge in [0, 0.05) is 24.7 Å². The summed E-state index contributed by atoms with van der Waals surface area (Å²) in [5, 5.41) is 9.95. The second kappa shape index (κ2) is 5.95. The molecular formula is C9H15N3OS. The van der Waals surface area contributed by atoms with E-state index in [-0.39, 0.29) is 0 Å². The van der Waals surface area contributed by atoms with Crippen LogP contribution in [0.4, 0.5) is 0 Å². The number of hydrogen-bond acceptors (Lipinski definition) is 5. The predicted octanol–water partition coefficient (Wildman–Crippen LogP) is 0.587. The summed E-state index contributed by atoms with van der Waals surface area (Å²) in [6, 6.07) is 0. The summed E-state index contributed by atoms with van der Waals surface area (Å²) in [5.41, 5.74) is 6.33. The van der Waals surface area contributed by atoms with Crippen LogP contribution in [0.5, 0.6) is 0 Å². The van der Waals surface area contributed by atoms with Crippen molar-refractivity contribution in [1.29, 1.82) is 0 Å². The number of rotatable bonds is 5. The van der Waals surface area contributed by atoms with Crippen molar-refractivity contribution in [1.82, 2.24) is 9.97 Å². The molecule has 78 valence electrons.